The molecule has 0 saturated carbocycles. The van der Waals surface area contributed by atoms with E-state index in [1.165, 1.54) is 60.1 Å². The third-order valence-electron chi connectivity index (χ3n) is 14.6. The molecule has 5 heteroatoms. The lowest BCUT2D eigenvalue weighted by atomic mass is 9.83. The summed E-state index contributed by atoms with van der Waals surface area (Å²) in [5.74, 6) is 2.05. The molecule has 0 spiro atoms. The maximum absolute atomic E-state index is 9.11. The van der Waals surface area contributed by atoms with Gasteiger partial charge in [0.25, 0.3) is 0 Å². The number of para-hydroxylation sites is 3. The van der Waals surface area contributed by atoms with E-state index in [4.69, 9.17) is 12.5 Å². The average Bonchev–Trinajstić information content (AvgIpc) is 4.15. The van der Waals surface area contributed by atoms with Gasteiger partial charge >= 0.3 is 0 Å². The fraction of sp³-hybridized carbons (Fsp3) is 0.145. The third-order valence-corrected chi connectivity index (χ3v) is 14.6. The summed E-state index contributed by atoms with van der Waals surface area (Å²) < 4.78 is 29.8. The molecule has 0 radical (unpaired) electrons. The number of rotatable bonds is 7. The summed E-state index contributed by atoms with van der Waals surface area (Å²) >= 11 is 0. The van der Waals surface area contributed by atoms with Crippen LogP contribution in [0, 0.1) is 5.41 Å². The summed E-state index contributed by atoms with van der Waals surface area (Å²) in [6.45, 7) is 13.3. The number of aromatic nitrogens is 3. The van der Waals surface area contributed by atoms with Crippen LogP contribution in [-0.2, 0) is 18.5 Å². The molecule has 74 heavy (non-hydrogen) atoms. The number of benzene rings is 9. The minimum atomic E-state index is -1.58. The lowest BCUT2D eigenvalue weighted by Gasteiger charge is -2.23. The summed E-state index contributed by atoms with van der Waals surface area (Å²) in [6, 6.07) is 76.0. The first-order valence-electron chi connectivity index (χ1n) is 26.7. The van der Waals surface area contributed by atoms with Gasteiger partial charge in [0.2, 0.25) is 0 Å². The molecule has 0 aliphatic carbocycles. The SMILES string of the molecule is [2H]C([2H])(c1ccnc(-n2c3ccccc3c3ccc(Oc4cccc(N5Cn6c7c(-c8cc(-c9ccccc9)cc(C(C)(C)C)c8)cccc7c7ccccc7c7ccccc7c7cccc5c76)c4)cc32)c1)C(C)(C)C. The molecule has 360 valence electrons. The Kier molecular flexibility index (Phi) is 10.2. The van der Waals surface area contributed by atoms with E-state index in [1.807, 2.05) is 45.0 Å². The highest BCUT2D eigenvalue weighted by Crippen LogP contribution is 2.46. The van der Waals surface area contributed by atoms with Gasteiger partial charge in [-0.15, -0.1) is 0 Å². The van der Waals surface area contributed by atoms with Gasteiger partial charge in [0, 0.05) is 53.9 Å². The highest BCUT2D eigenvalue weighted by Gasteiger charge is 2.27. The van der Waals surface area contributed by atoms with Crippen LogP contribution < -0.4 is 9.64 Å². The first-order valence-corrected chi connectivity index (χ1v) is 25.7. The molecule has 0 unspecified atom stereocenters. The number of fused-ring (bicyclic) bond motifs is 10. The summed E-state index contributed by atoms with van der Waals surface area (Å²) in [5, 5.41) is 9.28. The first-order chi connectivity index (χ1) is 36.7. The zero-order valence-electron chi connectivity index (χ0n) is 44.7. The Morgan fingerprint density at radius 3 is 1.82 bits per heavy atom. The molecule has 0 atom stereocenters. The predicted octanol–water partition coefficient (Wildman–Crippen LogP) is 18.8. The van der Waals surface area contributed by atoms with Crippen LogP contribution in [0.4, 0.5) is 11.4 Å². The van der Waals surface area contributed by atoms with Crippen molar-refractivity contribution in [3.63, 3.8) is 0 Å². The third kappa shape index (κ3) is 7.91. The number of hydrogen-bond acceptors (Lipinski definition) is 3. The van der Waals surface area contributed by atoms with Crippen molar-refractivity contribution in [2.24, 2.45) is 5.41 Å². The molecule has 5 nitrogen and oxygen atoms in total. The predicted molar refractivity (Wildman–Crippen MR) is 312 cm³/mol. The minimum absolute atomic E-state index is 0.0933. The van der Waals surface area contributed by atoms with E-state index in [0.29, 0.717) is 29.5 Å². The molecule has 3 aromatic heterocycles. The molecule has 4 heterocycles. The summed E-state index contributed by atoms with van der Waals surface area (Å²) in [6.07, 6.45) is 0.135. The molecule has 1 aliphatic rings. The minimum Gasteiger partial charge on any atom is -0.457 e. The van der Waals surface area contributed by atoms with Gasteiger partial charge in [0.15, 0.2) is 0 Å². The zero-order chi connectivity index (χ0) is 52.1. The van der Waals surface area contributed by atoms with E-state index >= 15 is 0 Å². The van der Waals surface area contributed by atoms with Gasteiger partial charge in [-0.3, -0.25) is 4.57 Å². The van der Waals surface area contributed by atoms with Crippen LogP contribution in [-0.4, -0.2) is 14.1 Å². The largest absolute Gasteiger partial charge is 0.457 e. The Balaban J connectivity index is 0.990. The zero-order valence-corrected chi connectivity index (χ0v) is 42.7. The lowest BCUT2D eigenvalue weighted by Crippen LogP contribution is -2.15. The van der Waals surface area contributed by atoms with Gasteiger partial charge in [0.1, 0.15) is 24.0 Å². The fourth-order valence-corrected chi connectivity index (χ4v) is 11.3. The van der Waals surface area contributed by atoms with Crippen molar-refractivity contribution in [1.29, 1.82) is 0 Å². The number of ether oxygens (including phenoxy) is 1. The molecule has 1 aliphatic heterocycles. The maximum Gasteiger partial charge on any atom is 0.137 e. The normalized spacial score (nSPS) is 13.3. The van der Waals surface area contributed by atoms with Crippen molar-refractivity contribution in [3.8, 4) is 39.6 Å². The van der Waals surface area contributed by atoms with E-state index < -0.39 is 11.8 Å². The highest BCUT2D eigenvalue weighted by molar-refractivity contribution is 6.22. The van der Waals surface area contributed by atoms with Gasteiger partial charge in [-0.2, -0.15) is 0 Å². The van der Waals surface area contributed by atoms with Gasteiger partial charge in [-0.1, -0.05) is 187 Å². The van der Waals surface area contributed by atoms with E-state index in [1.54, 1.807) is 12.3 Å². The average molecular weight is 961 g/mol. The quantitative estimate of drug-likeness (QED) is 0.160. The summed E-state index contributed by atoms with van der Waals surface area (Å²) in [5.41, 5.74) is 12.3. The number of pyridine rings is 1. The van der Waals surface area contributed by atoms with Crippen molar-refractivity contribution in [3.05, 3.63) is 230 Å². The Bertz CT molecular complexity index is 4360. The monoisotopic (exact) mass is 960 g/mol. The van der Waals surface area contributed by atoms with E-state index in [-0.39, 0.29) is 5.41 Å². The Labute approximate surface area is 435 Å². The van der Waals surface area contributed by atoms with Crippen molar-refractivity contribution >= 4 is 76.5 Å². The molecule has 0 bridgehead atoms. The lowest BCUT2D eigenvalue weighted by molar-refractivity contribution is 0.411. The smallest absolute Gasteiger partial charge is 0.137 e. The molecular formula is C69H58N4O. The fourth-order valence-electron chi connectivity index (χ4n) is 11.3. The van der Waals surface area contributed by atoms with Crippen LogP contribution in [0.5, 0.6) is 11.5 Å². The second kappa shape index (κ2) is 17.5. The van der Waals surface area contributed by atoms with Gasteiger partial charge in [-0.05, 0) is 121 Å². The molecule has 0 fully saturated rings. The topological polar surface area (TPSA) is 35.2 Å². The summed E-state index contributed by atoms with van der Waals surface area (Å²) in [7, 11) is 0. The molecule has 13 rings (SSSR count). The van der Waals surface area contributed by atoms with Gasteiger partial charge in [0.05, 0.1) is 27.8 Å². The molecule has 0 saturated heterocycles. The summed E-state index contributed by atoms with van der Waals surface area (Å²) in [4.78, 5) is 7.27. The standard InChI is InChI=1S/C69H58N4O/c1-68(2,3)43-45-35-36-70-65(37-45)73-62-31-15-14-27-58(62)59-34-33-52(42-64(59)73)74-51-22-16-21-50(41-51)71-44-72-66-53(48-38-47(46-19-8-7-9-20-46)39-49(40-48)69(4,5)6)28-17-29-60(66)56-25-12-10-23-54(56)55-24-11-13-26-57(55)61-30-18-32-63(71)67(61)72/h7-42H,43-44H2,1-6H3/i43D2. The second-order valence-corrected chi connectivity index (χ2v) is 21.8. The molecular weight excluding hydrogens is 901 g/mol. The van der Waals surface area contributed by atoms with Crippen molar-refractivity contribution < 1.29 is 7.48 Å². The molecule has 0 amide bonds. The van der Waals surface area contributed by atoms with Gasteiger partial charge in [-0.25, -0.2) is 4.98 Å². The number of anilines is 2. The van der Waals surface area contributed by atoms with Crippen molar-refractivity contribution in [2.45, 2.75) is 60.0 Å². The van der Waals surface area contributed by atoms with Crippen LogP contribution in [0.15, 0.2) is 219 Å². The van der Waals surface area contributed by atoms with Crippen LogP contribution in [0.25, 0.3) is 93.2 Å². The van der Waals surface area contributed by atoms with Crippen LogP contribution in [0.1, 0.15) is 55.4 Å². The highest BCUT2D eigenvalue weighted by atomic mass is 16.5. The molecule has 9 aromatic carbocycles. The molecule has 12 aromatic rings. The Hall–Kier alpha value is -8.67. The van der Waals surface area contributed by atoms with E-state index in [0.717, 1.165) is 44.2 Å². The van der Waals surface area contributed by atoms with E-state index in [2.05, 4.69) is 217 Å². The Morgan fingerprint density at radius 1 is 0.486 bits per heavy atom. The van der Waals surface area contributed by atoms with Gasteiger partial charge < -0.3 is 14.2 Å². The van der Waals surface area contributed by atoms with E-state index in [9.17, 15) is 0 Å². The Morgan fingerprint density at radius 2 is 1.09 bits per heavy atom. The number of nitrogens with zero attached hydrogens (tertiary/aromatic N) is 4. The maximum atomic E-state index is 9.11. The van der Waals surface area contributed by atoms with Crippen molar-refractivity contribution in [1.82, 2.24) is 14.1 Å². The first kappa shape index (κ1) is 43.0. The molecule has 0 N–H and O–H groups in total. The van der Waals surface area contributed by atoms with Crippen LogP contribution >= 0.6 is 0 Å². The van der Waals surface area contributed by atoms with Crippen LogP contribution in [0.3, 0.4) is 0 Å². The van der Waals surface area contributed by atoms with Crippen LogP contribution in [0.2, 0.25) is 0 Å². The number of hydrogen-bond donors (Lipinski definition) is 0. The van der Waals surface area contributed by atoms with Crippen molar-refractivity contribution in [2.75, 3.05) is 4.90 Å². The second-order valence-electron chi connectivity index (χ2n) is 21.8.